The third-order valence-corrected chi connectivity index (χ3v) is 12.1. The van der Waals surface area contributed by atoms with Crippen molar-refractivity contribution in [3.05, 3.63) is 127 Å². The smallest absolute Gasteiger partial charge is 0.0795 e. The van der Waals surface area contributed by atoms with Crippen molar-refractivity contribution < 1.29 is 20.1 Å². The molecule has 4 aromatic heterocycles. The molecular weight excluding hydrogens is 769 g/mol. The molecule has 0 aliphatic carbocycles. The van der Waals surface area contributed by atoms with Gasteiger partial charge in [0, 0.05) is 57.4 Å². The SMILES string of the molecule is C[Si](C)(C)c1ccc(-c2[c-]cccc2)nc1.Cc1ccc2c(c1)sc1c(-c3cc4sc5ccccc5c4cn3)[c-]ccc12.[Ir]. The van der Waals surface area contributed by atoms with E-state index in [2.05, 4.69) is 110 Å². The second-order valence-electron chi connectivity index (χ2n) is 11.8. The van der Waals surface area contributed by atoms with Crippen LogP contribution < -0.4 is 5.19 Å². The molecular formula is C38H30IrN2S2Si-2. The monoisotopic (exact) mass is 799 g/mol. The minimum Gasteiger partial charge on any atom is -0.305 e. The maximum Gasteiger partial charge on any atom is 0.0795 e. The summed E-state index contributed by atoms with van der Waals surface area (Å²) in [6.07, 6.45) is 4.04. The minimum atomic E-state index is -1.23. The molecule has 6 heteroatoms. The number of nitrogens with zero attached hydrogens (tertiary/aromatic N) is 2. The normalized spacial score (nSPS) is 11.5. The summed E-state index contributed by atoms with van der Waals surface area (Å²) < 4.78 is 5.19. The Morgan fingerprint density at radius 1 is 0.614 bits per heavy atom. The molecule has 8 rings (SSSR count). The first-order valence-electron chi connectivity index (χ1n) is 14.4. The molecule has 1 radical (unpaired) electrons. The van der Waals surface area contributed by atoms with Gasteiger partial charge < -0.3 is 9.97 Å². The van der Waals surface area contributed by atoms with E-state index in [4.69, 9.17) is 4.98 Å². The Morgan fingerprint density at radius 2 is 1.39 bits per heavy atom. The van der Waals surface area contributed by atoms with Gasteiger partial charge >= 0.3 is 0 Å². The zero-order valence-corrected chi connectivity index (χ0v) is 30.0. The van der Waals surface area contributed by atoms with Crippen LogP contribution in [0.25, 0.3) is 62.9 Å². The molecule has 0 saturated heterocycles. The van der Waals surface area contributed by atoms with E-state index in [-0.39, 0.29) is 20.1 Å². The molecule has 4 heterocycles. The fourth-order valence-electron chi connectivity index (χ4n) is 5.35. The van der Waals surface area contributed by atoms with Crippen LogP contribution in [-0.2, 0) is 20.1 Å². The van der Waals surface area contributed by atoms with Crippen molar-refractivity contribution in [3.63, 3.8) is 0 Å². The Bertz CT molecular complexity index is 2230. The van der Waals surface area contributed by atoms with Gasteiger partial charge in [-0.2, -0.15) is 11.3 Å². The van der Waals surface area contributed by atoms with Crippen LogP contribution in [0.4, 0.5) is 0 Å². The number of hydrogen-bond acceptors (Lipinski definition) is 4. The first-order valence-corrected chi connectivity index (χ1v) is 19.5. The predicted molar refractivity (Wildman–Crippen MR) is 191 cm³/mol. The van der Waals surface area contributed by atoms with E-state index < -0.39 is 8.07 Å². The van der Waals surface area contributed by atoms with Crippen LogP contribution in [0.2, 0.25) is 19.6 Å². The minimum absolute atomic E-state index is 0. The second kappa shape index (κ2) is 12.5. The summed E-state index contributed by atoms with van der Waals surface area (Å²) >= 11 is 3.67. The topological polar surface area (TPSA) is 25.8 Å². The maximum absolute atomic E-state index is 4.82. The summed E-state index contributed by atoms with van der Waals surface area (Å²) in [5.41, 5.74) is 5.46. The third kappa shape index (κ3) is 5.93. The van der Waals surface area contributed by atoms with Crippen LogP contribution in [0.3, 0.4) is 0 Å². The Morgan fingerprint density at radius 3 is 2.16 bits per heavy atom. The van der Waals surface area contributed by atoms with Gasteiger partial charge in [0.1, 0.15) is 0 Å². The average Bonchev–Trinajstić information content (AvgIpc) is 3.58. The summed E-state index contributed by atoms with van der Waals surface area (Å²) in [5.74, 6) is 0. The largest absolute Gasteiger partial charge is 0.305 e. The molecule has 8 aromatic rings. The fourth-order valence-corrected chi connectivity index (χ4v) is 8.80. The molecule has 219 valence electrons. The Kier molecular flexibility index (Phi) is 8.65. The molecule has 0 saturated carbocycles. The Balaban J connectivity index is 0.000000174. The van der Waals surface area contributed by atoms with Gasteiger partial charge in [0.2, 0.25) is 0 Å². The first kappa shape index (κ1) is 30.5. The zero-order valence-electron chi connectivity index (χ0n) is 24.9. The van der Waals surface area contributed by atoms with Gasteiger partial charge in [0.05, 0.1) is 8.07 Å². The maximum atomic E-state index is 4.82. The van der Waals surface area contributed by atoms with Crippen LogP contribution in [0.15, 0.2) is 109 Å². The van der Waals surface area contributed by atoms with Gasteiger partial charge in [0.15, 0.2) is 0 Å². The molecule has 0 aliphatic heterocycles. The standard InChI is InChI=1S/C24H14NS2.C14H16NSi.Ir/c1-14-9-10-16-17-6-4-7-18(24(17)27-22(16)11-14)20-12-23-19(13-25-20)15-5-2-3-8-21(15)26-23;1-16(2,3)13-9-10-14(15-11-13)12-7-5-4-6-8-12;/h2-6,8-13H,1H3;4-7,9-11H,1-3H3;/q2*-1;. The molecule has 0 spiro atoms. The van der Waals surface area contributed by atoms with Crippen molar-refractivity contribution in [3.8, 4) is 22.5 Å². The van der Waals surface area contributed by atoms with E-state index >= 15 is 0 Å². The average molecular weight is 799 g/mol. The number of fused-ring (bicyclic) bond motifs is 6. The van der Waals surface area contributed by atoms with E-state index in [9.17, 15) is 0 Å². The molecule has 0 N–H and O–H groups in total. The van der Waals surface area contributed by atoms with E-state index in [1.807, 2.05) is 65.4 Å². The van der Waals surface area contributed by atoms with Gasteiger partial charge in [-0.15, -0.1) is 71.0 Å². The summed E-state index contributed by atoms with van der Waals surface area (Å²) in [6, 6.07) is 40.6. The van der Waals surface area contributed by atoms with Gasteiger partial charge in [0.25, 0.3) is 0 Å². The Hall–Kier alpha value is -3.51. The van der Waals surface area contributed by atoms with E-state index in [0.717, 1.165) is 22.5 Å². The van der Waals surface area contributed by atoms with Crippen LogP contribution in [0.1, 0.15) is 5.56 Å². The summed E-state index contributed by atoms with van der Waals surface area (Å²) in [7, 11) is -1.23. The van der Waals surface area contributed by atoms with Crippen molar-refractivity contribution in [1.29, 1.82) is 0 Å². The molecule has 0 bridgehead atoms. The van der Waals surface area contributed by atoms with Crippen molar-refractivity contribution in [1.82, 2.24) is 9.97 Å². The number of aryl methyl sites for hydroxylation is 1. The molecule has 4 aromatic carbocycles. The number of benzene rings is 4. The van der Waals surface area contributed by atoms with Gasteiger partial charge in [-0.3, -0.25) is 0 Å². The van der Waals surface area contributed by atoms with E-state index in [0.29, 0.717) is 0 Å². The first-order chi connectivity index (χ1) is 20.8. The summed E-state index contributed by atoms with van der Waals surface area (Å²) in [4.78, 5) is 9.34. The molecule has 0 aliphatic rings. The van der Waals surface area contributed by atoms with Gasteiger partial charge in [-0.25, -0.2) is 0 Å². The van der Waals surface area contributed by atoms with Crippen LogP contribution in [0.5, 0.6) is 0 Å². The molecule has 44 heavy (non-hydrogen) atoms. The number of hydrogen-bond donors (Lipinski definition) is 0. The predicted octanol–water partition coefficient (Wildman–Crippen LogP) is 10.7. The quantitative estimate of drug-likeness (QED) is 0.131. The van der Waals surface area contributed by atoms with Crippen LogP contribution in [0, 0.1) is 19.1 Å². The van der Waals surface area contributed by atoms with Gasteiger partial charge in [-0.1, -0.05) is 73.6 Å². The molecule has 0 atom stereocenters. The van der Waals surface area contributed by atoms with E-state index in [1.54, 1.807) is 0 Å². The zero-order chi connectivity index (χ0) is 29.6. The van der Waals surface area contributed by atoms with Crippen molar-refractivity contribution in [2.45, 2.75) is 26.6 Å². The molecule has 0 amide bonds. The van der Waals surface area contributed by atoms with E-state index in [1.165, 1.54) is 51.1 Å². The number of pyridine rings is 2. The summed E-state index contributed by atoms with van der Waals surface area (Å²) in [5, 5.41) is 6.53. The van der Waals surface area contributed by atoms with Crippen LogP contribution in [-0.4, -0.2) is 18.0 Å². The number of rotatable bonds is 3. The molecule has 0 unspecified atom stereocenters. The van der Waals surface area contributed by atoms with Gasteiger partial charge in [-0.05, 0) is 51.3 Å². The molecule has 2 nitrogen and oxygen atoms in total. The summed E-state index contributed by atoms with van der Waals surface area (Å²) in [6.45, 7) is 9.14. The van der Waals surface area contributed by atoms with Crippen LogP contribution >= 0.6 is 22.7 Å². The fraction of sp³-hybridized carbons (Fsp3) is 0.105. The number of thiophene rings is 2. The number of aromatic nitrogens is 2. The van der Waals surface area contributed by atoms with Crippen molar-refractivity contribution >= 4 is 76.3 Å². The third-order valence-electron chi connectivity index (χ3n) is 7.72. The second-order valence-corrected chi connectivity index (χ2v) is 19.0. The van der Waals surface area contributed by atoms with Crippen molar-refractivity contribution in [2.24, 2.45) is 0 Å². The Labute approximate surface area is 280 Å². The van der Waals surface area contributed by atoms with Crippen molar-refractivity contribution in [2.75, 3.05) is 0 Å². The molecule has 0 fully saturated rings.